The highest BCUT2D eigenvalue weighted by Crippen LogP contribution is 2.52. The third kappa shape index (κ3) is 4.75. The van der Waals surface area contributed by atoms with Gasteiger partial charge in [-0.3, -0.25) is 0 Å². The lowest BCUT2D eigenvalue weighted by Gasteiger charge is -2.23. The van der Waals surface area contributed by atoms with Gasteiger partial charge in [0.25, 0.3) is 0 Å². The van der Waals surface area contributed by atoms with Crippen LogP contribution in [0.2, 0.25) is 0 Å². The Hall–Kier alpha value is -7.30. The van der Waals surface area contributed by atoms with Gasteiger partial charge in [-0.15, -0.1) is 0 Å². The van der Waals surface area contributed by atoms with Gasteiger partial charge < -0.3 is 9.88 Å². The zero-order chi connectivity index (χ0) is 38.5. The number of aliphatic imine (C=N–C) groups is 2. The normalized spacial score (nSPS) is 15.7. The minimum absolute atomic E-state index is 0.132. The van der Waals surface area contributed by atoms with Crippen LogP contribution in [0.4, 0.5) is 0 Å². The smallest absolute Gasteiger partial charge is 0.159 e. The van der Waals surface area contributed by atoms with Crippen LogP contribution in [0.3, 0.4) is 0 Å². The van der Waals surface area contributed by atoms with E-state index in [1.165, 1.54) is 76.4 Å². The van der Waals surface area contributed by atoms with Gasteiger partial charge in [-0.1, -0.05) is 153 Å². The molecule has 1 unspecified atom stereocenters. The molecule has 10 aromatic rings. The molecule has 12 rings (SSSR count). The van der Waals surface area contributed by atoms with Crippen LogP contribution in [0, 0.1) is 0 Å². The number of amidine groups is 2. The Labute approximate surface area is 336 Å². The lowest BCUT2D eigenvalue weighted by molar-refractivity contribution is 0.661. The van der Waals surface area contributed by atoms with Gasteiger partial charge in [-0.2, -0.15) is 0 Å². The molecule has 2 heterocycles. The highest BCUT2D eigenvalue weighted by atomic mass is 15.2. The predicted octanol–water partition coefficient (Wildman–Crippen LogP) is 13.0. The third-order valence-electron chi connectivity index (χ3n) is 12.6. The Morgan fingerprint density at radius 3 is 1.84 bits per heavy atom. The van der Waals surface area contributed by atoms with Gasteiger partial charge >= 0.3 is 0 Å². The first-order valence-corrected chi connectivity index (χ1v) is 20.1. The minimum Gasteiger partial charge on any atom is -0.344 e. The van der Waals surface area contributed by atoms with Crippen molar-refractivity contribution < 1.29 is 0 Å². The van der Waals surface area contributed by atoms with Gasteiger partial charge in [-0.05, 0) is 97.2 Å². The second kappa shape index (κ2) is 12.3. The standard InChI is InChI=1S/C54H38N4/c1-54(2)45-24-14-13-22-40(45)43-31-44-48(32-46(43)54)58(47-30-29-42-39-21-10-9-19-37(39)38-20-11-12-23-41(38)49(42)50(44)47)36-27-25-35(26-28-36)53-56-51(33-15-5-3-6-16-33)55-52(57-53)34-17-7-4-8-18-34/h3-32,51H,1-2H3,(H,55,56,57). The Morgan fingerprint density at radius 1 is 0.483 bits per heavy atom. The Morgan fingerprint density at radius 2 is 1.10 bits per heavy atom. The number of aromatic nitrogens is 1. The van der Waals surface area contributed by atoms with Crippen LogP contribution < -0.4 is 5.32 Å². The van der Waals surface area contributed by atoms with Crippen molar-refractivity contribution in [3.05, 3.63) is 210 Å². The fourth-order valence-corrected chi connectivity index (χ4v) is 9.86. The first kappa shape index (κ1) is 32.9. The van der Waals surface area contributed by atoms with Crippen molar-refractivity contribution in [2.45, 2.75) is 25.4 Å². The largest absolute Gasteiger partial charge is 0.344 e. The second-order valence-electron chi connectivity index (χ2n) is 16.2. The van der Waals surface area contributed by atoms with E-state index in [1.54, 1.807) is 0 Å². The first-order chi connectivity index (χ1) is 28.5. The molecule has 0 saturated heterocycles. The predicted molar refractivity (Wildman–Crippen MR) is 243 cm³/mol. The maximum Gasteiger partial charge on any atom is 0.159 e. The molecule has 0 spiro atoms. The zero-order valence-corrected chi connectivity index (χ0v) is 32.2. The van der Waals surface area contributed by atoms with Crippen molar-refractivity contribution in [2.75, 3.05) is 0 Å². The van der Waals surface area contributed by atoms with Crippen LogP contribution in [0.5, 0.6) is 0 Å². The number of benzene rings is 9. The van der Waals surface area contributed by atoms with E-state index in [-0.39, 0.29) is 11.6 Å². The van der Waals surface area contributed by atoms with Crippen molar-refractivity contribution in [3.8, 4) is 16.8 Å². The van der Waals surface area contributed by atoms with E-state index < -0.39 is 0 Å². The monoisotopic (exact) mass is 742 g/mol. The molecule has 0 bridgehead atoms. The molecule has 1 atom stereocenters. The van der Waals surface area contributed by atoms with E-state index in [1.807, 2.05) is 24.3 Å². The van der Waals surface area contributed by atoms with Crippen molar-refractivity contribution >= 4 is 65.8 Å². The summed E-state index contributed by atoms with van der Waals surface area (Å²) in [5, 5.41) is 13.8. The lowest BCUT2D eigenvalue weighted by Crippen LogP contribution is -2.33. The maximum absolute atomic E-state index is 5.16. The SMILES string of the molecule is CC1(C)c2ccccc2-c2cc3c4c5c6ccccc6c6ccccc6c5ccc4n(-c4ccc(C5=NC(c6ccccc6)NC(c6ccccc6)=N5)cc4)c3cc21. The van der Waals surface area contributed by atoms with Gasteiger partial charge in [0, 0.05) is 38.4 Å². The fourth-order valence-electron chi connectivity index (χ4n) is 9.86. The Bertz CT molecular complexity index is 3340. The topological polar surface area (TPSA) is 41.7 Å². The molecule has 9 aromatic carbocycles. The average Bonchev–Trinajstić information content (AvgIpc) is 3.73. The first-order valence-electron chi connectivity index (χ1n) is 20.1. The summed E-state index contributed by atoms with van der Waals surface area (Å²) < 4.78 is 2.48. The van der Waals surface area contributed by atoms with E-state index in [0.29, 0.717) is 5.84 Å². The maximum atomic E-state index is 5.16. The molecule has 58 heavy (non-hydrogen) atoms. The molecule has 0 saturated carbocycles. The van der Waals surface area contributed by atoms with E-state index >= 15 is 0 Å². The molecule has 0 radical (unpaired) electrons. The summed E-state index contributed by atoms with van der Waals surface area (Å²) in [6, 6.07) is 65.9. The number of hydrogen-bond donors (Lipinski definition) is 1. The van der Waals surface area contributed by atoms with E-state index in [9.17, 15) is 0 Å². The molecule has 4 nitrogen and oxygen atoms in total. The van der Waals surface area contributed by atoms with Crippen LogP contribution in [0.1, 0.15) is 47.8 Å². The Kier molecular flexibility index (Phi) is 7.00. The highest BCUT2D eigenvalue weighted by molar-refractivity contribution is 6.35. The average molecular weight is 743 g/mol. The summed E-state index contributed by atoms with van der Waals surface area (Å²) in [5.41, 5.74) is 11.9. The summed E-state index contributed by atoms with van der Waals surface area (Å²) in [6.45, 7) is 4.74. The van der Waals surface area contributed by atoms with Crippen LogP contribution in [0.25, 0.3) is 70.9 Å². The molecule has 1 aliphatic carbocycles. The van der Waals surface area contributed by atoms with Crippen molar-refractivity contribution in [3.63, 3.8) is 0 Å². The van der Waals surface area contributed by atoms with E-state index in [2.05, 4.69) is 181 Å². The minimum atomic E-state index is -0.255. The molecule has 0 fully saturated rings. The molecule has 0 amide bonds. The number of nitrogens with one attached hydrogen (secondary N) is 1. The number of fused-ring (bicyclic) bond motifs is 13. The van der Waals surface area contributed by atoms with Gasteiger partial charge in [0.05, 0.1) is 11.0 Å². The zero-order valence-electron chi connectivity index (χ0n) is 32.2. The molecular formula is C54H38N4. The van der Waals surface area contributed by atoms with Crippen LogP contribution in [0.15, 0.2) is 192 Å². The summed E-state index contributed by atoms with van der Waals surface area (Å²) >= 11 is 0. The Balaban J connectivity index is 1.11. The molecule has 1 aliphatic heterocycles. The number of nitrogens with zero attached hydrogens (tertiary/aromatic N) is 3. The van der Waals surface area contributed by atoms with Gasteiger partial charge in [0.15, 0.2) is 5.84 Å². The fraction of sp³-hybridized carbons (Fsp3) is 0.0741. The van der Waals surface area contributed by atoms with E-state index in [0.717, 1.165) is 28.2 Å². The van der Waals surface area contributed by atoms with Gasteiger partial charge in [0.1, 0.15) is 12.0 Å². The quantitative estimate of drug-likeness (QED) is 0.179. The van der Waals surface area contributed by atoms with Gasteiger partial charge in [-0.25, -0.2) is 9.98 Å². The summed E-state index contributed by atoms with van der Waals surface area (Å²) in [4.78, 5) is 10.3. The summed E-state index contributed by atoms with van der Waals surface area (Å²) in [5.74, 6) is 1.52. The number of hydrogen-bond acceptors (Lipinski definition) is 3. The number of rotatable bonds is 4. The second-order valence-corrected chi connectivity index (χ2v) is 16.2. The molecule has 274 valence electrons. The summed E-state index contributed by atoms with van der Waals surface area (Å²) in [6.07, 6.45) is -0.255. The summed E-state index contributed by atoms with van der Waals surface area (Å²) in [7, 11) is 0. The molecule has 2 aliphatic rings. The van der Waals surface area contributed by atoms with Crippen LogP contribution in [-0.2, 0) is 5.41 Å². The highest BCUT2D eigenvalue weighted by Gasteiger charge is 2.36. The molecular weight excluding hydrogens is 705 g/mol. The molecule has 1 N–H and O–H groups in total. The van der Waals surface area contributed by atoms with E-state index in [4.69, 9.17) is 9.98 Å². The third-order valence-corrected chi connectivity index (χ3v) is 12.6. The molecule has 4 heteroatoms. The van der Waals surface area contributed by atoms with Crippen molar-refractivity contribution in [1.82, 2.24) is 9.88 Å². The van der Waals surface area contributed by atoms with Gasteiger partial charge in [0.2, 0.25) is 0 Å². The van der Waals surface area contributed by atoms with Crippen LogP contribution in [-0.4, -0.2) is 16.2 Å². The van der Waals surface area contributed by atoms with Crippen LogP contribution >= 0.6 is 0 Å². The molecule has 1 aromatic heterocycles. The van der Waals surface area contributed by atoms with Crippen molar-refractivity contribution in [2.24, 2.45) is 9.98 Å². The lowest BCUT2D eigenvalue weighted by atomic mass is 9.82. The van der Waals surface area contributed by atoms with Crippen molar-refractivity contribution in [1.29, 1.82) is 0 Å².